The molecule has 0 radical (unpaired) electrons. The molecule has 3 heterocycles. The maximum Gasteiger partial charge on any atom is 0.236 e. The van der Waals surface area contributed by atoms with E-state index in [1.807, 2.05) is 29.6 Å². The molecule has 0 fully saturated rings. The summed E-state index contributed by atoms with van der Waals surface area (Å²) in [7, 11) is 0. The zero-order valence-electron chi connectivity index (χ0n) is 13.4. The van der Waals surface area contributed by atoms with Crippen LogP contribution in [0.4, 0.5) is 0 Å². The molecule has 0 aliphatic carbocycles. The Bertz CT molecular complexity index is 814. The Kier molecular flexibility index (Phi) is 4.23. The highest BCUT2D eigenvalue weighted by molar-refractivity contribution is 7.13. The Morgan fingerprint density at radius 1 is 1.17 bits per heavy atom. The quantitative estimate of drug-likeness (QED) is 0.673. The predicted octanol–water partition coefficient (Wildman–Crippen LogP) is 4.15. The standard InChI is InChI=1S/C18H18N2O3S/c1-2-20(9-13-5-6-15-16(8-13)23-12-22-15)10-14-11-21-18(19-14)17-4-3-7-24-17/h3-8,11H,2,9-10,12H2,1H3. The summed E-state index contributed by atoms with van der Waals surface area (Å²) in [5.74, 6) is 2.34. The van der Waals surface area contributed by atoms with Crippen LogP contribution < -0.4 is 9.47 Å². The lowest BCUT2D eigenvalue weighted by atomic mass is 10.2. The molecule has 6 heteroatoms. The van der Waals surface area contributed by atoms with Crippen molar-refractivity contribution in [3.8, 4) is 22.3 Å². The van der Waals surface area contributed by atoms with Crippen LogP contribution >= 0.6 is 11.3 Å². The number of aromatic nitrogens is 1. The monoisotopic (exact) mass is 342 g/mol. The third-order valence-electron chi connectivity index (χ3n) is 3.96. The first-order valence-electron chi connectivity index (χ1n) is 7.91. The fraction of sp³-hybridized carbons (Fsp3) is 0.278. The van der Waals surface area contributed by atoms with Gasteiger partial charge in [-0.3, -0.25) is 4.90 Å². The molecule has 0 saturated carbocycles. The van der Waals surface area contributed by atoms with Crippen molar-refractivity contribution in [3.63, 3.8) is 0 Å². The second-order valence-electron chi connectivity index (χ2n) is 5.61. The summed E-state index contributed by atoms with van der Waals surface area (Å²) >= 11 is 1.63. The van der Waals surface area contributed by atoms with Crippen molar-refractivity contribution in [1.29, 1.82) is 0 Å². The first-order valence-corrected chi connectivity index (χ1v) is 8.79. The van der Waals surface area contributed by atoms with Gasteiger partial charge in [0.05, 0.1) is 10.6 Å². The highest BCUT2D eigenvalue weighted by Crippen LogP contribution is 2.33. The number of rotatable bonds is 6. The van der Waals surface area contributed by atoms with E-state index in [0.29, 0.717) is 12.7 Å². The largest absolute Gasteiger partial charge is 0.454 e. The summed E-state index contributed by atoms with van der Waals surface area (Å²) in [6.07, 6.45) is 1.75. The Morgan fingerprint density at radius 3 is 2.92 bits per heavy atom. The molecule has 0 N–H and O–H groups in total. The molecule has 1 aromatic carbocycles. The lowest BCUT2D eigenvalue weighted by Gasteiger charge is -2.19. The number of hydrogen-bond acceptors (Lipinski definition) is 6. The van der Waals surface area contributed by atoms with E-state index in [9.17, 15) is 0 Å². The average molecular weight is 342 g/mol. The van der Waals surface area contributed by atoms with Crippen molar-refractivity contribution in [2.45, 2.75) is 20.0 Å². The first kappa shape index (κ1) is 15.2. The van der Waals surface area contributed by atoms with Crippen molar-refractivity contribution in [3.05, 3.63) is 53.2 Å². The molecule has 0 bridgehead atoms. The van der Waals surface area contributed by atoms with Gasteiger partial charge in [0.2, 0.25) is 12.7 Å². The Balaban J connectivity index is 1.44. The van der Waals surface area contributed by atoms with Crippen LogP contribution in [0.5, 0.6) is 11.5 Å². The van der Waals surface area contributed by atoms with Crippen molar-refractivity contribution in [2.75, 3.05) is 13.3 Å². The maximum absolute atomic E-state index is 5.60. The van der Waals surface area contributed by atoms with Crippen LogP contribution in [0.3, 0.4) is 0 Å². The van der Waals surface area contributed by atoms with Crippen LogP contribution in [-0.2, 0) is 13.1 Å². The molecule has 1 aliphatic rings. The molecule has 124 valence electrons. The molecule has 24 heavy (non-hydrogen) atoms. The van der Waals surface area contributed by atoms with Crippen LogP contribution in [0.25, 0.3) is 10.8 Å². The molecule has 3 aromatic rings. The van der Waals surface area contributed by atoms with E-state index in [1.165, 1.54) is 5.56 Å². The highest BCUT2D eigenvalue weighted by atomic mass is 32.1. The number of thiophene rings is 1. The van der Waals surface area contributed by atoms with E-state index >= 15 is 0 Å². The van der Waals surface area contributed by atoms with Gasteiger partial charge in [0.25, 0.3) is 0 Å². The maximum atomic E-state index is 5.60. The minimum Gasteiger partial charge on any atom is -0.454 e. The number of fused-ring (bicyclic) bond motifs is 1. The molecule has 5 nitrogen and oxygen atoms in total. The van der Waals surface area contributed by atoms with Crippen LogP contribution in [-0.4, -0.2) is 23.2 Å². The SMILES string of the molecule is CCN(Cc1ccc2c(c1)OCO2)Cc1coc(-c2cccs2)n1. The van der Waals surface area contributed by atoms with Gasteiger partial charge in [0.15, 0.2) is 11.5 Å². The van der Waals surface area contributed by atoms with Gasteiger partial charge >= 0.3 is 0 Å². The van der Waals surface area contributed by atoms with Crippen molar-refractivity contribution in [1.82, 2.24) is 9.88 Å². The highest BCUT2D eigenvalue weighted by Gasteiger charge is 2.15. The first-order chi connectivity index (χ1) is 11.8. The van der Waals surface area contributed by atoms with E-state index in [4.69, 9.17) is 13.9 Å². The smallest absolute Gasteiger partial charge is 0.236 e. The van der Waals surface area contributed by atoms with Crippen molar-refractivity contribution < 1.29 is 13.9 Å². The number of benzene rings is 1. The van der Waals surface area contributed by atoms with E-state index < -0.39 is 0 Å². The molecule has 0 atom stereocenters. The minimum atomic E-state index is 0.306. The average Bonchev–Trinajstić information content (AvgIpc) is 3.34. The van der Waals surface area contributed by atoms with Crippen LogP contribution in [0.1, 0.15) is 18.2 Å². The zero-order chi connectivity index (χ0) is 16.4. The molecule has 0 spiro atoms. The van der Waals surface area contributed by atoms with Crippen molar-refractivity contribution in [2.24, 2.45) is 0 Å². The third kappa shape index (κ3) is 3.16. The lowest BCUT2D eigenvalue weighted by Crippen LogP contribution is -2.22. The molecule has 0 saturated heterocycles. The van der Waals surface area contributed by atoms with Gasteiger partial charge in [-0.2, -0.15) is 0 Å². The van der Waals surface area contributed by atoms with Gasteiger partial charge in [-0.25, -0.2) is 4.98 Å². The summed E-state index contributed by atoms with van der Waals surface area (Å²) in [4.78, 5) is 7.97. The molecular formula is C18H18N2O3S. The number of oxazole rings is 1. The van der Waals surface area contributed by atoms with Crippen LogP contribution in [0.2, 0.25) is 0 Å². The van der Waals surface area contributed by atoms with Crippen molar-refractivity contribution >= 4 is 11.3 Å². The molecule has 0 unspecified atom stereocenters. The molecule has 2 aromatic heterocycles. The van der Waals surface area contributed by atoms with Gasteiger partial charge in [0, 0.05) is 13.1 Å². The summed E-state index contributed by atoms with van der Waals surface area (Å²) in [6.45, 7) is 4.96. The third-order valence-corrected chi connectivity index (χ3v) is 4.82. The number of hydrogen-bond donors (Lipinski definition) is 0. The fourth-order valence-electron chi connectivity index (χ4n) is 2.70. The summed E-state index contributed by atoms with van der Waals surface area (Å²) in [5, 5.41) is 2.02. The molecule has 1 aliphatic heterocycles. The van der Waals surface area contributed by atoms with Gasteiger partial charge < -0.3 is 13.9 Å². The Hall–Kier alpha value is -2.31. The predicted molar refractivity (Wildman–Crippen MR) is 92.2 cm³/mol. The number of ether oxygens (including phenoxy) is 2. The lowest BCUT2D eigenvalue weighted by molar-refractivity contribution is 0.174. The van der Waals surface area contributed by atoms with Crippen LogP contribution in [0.15, 0.2) is 46.4 Å². The summed E-state index contributed by atoms with van der Waals surface area (Å²) < 4.78 is 16.4. The van der Waals surface area contributed by atoms with E-state index in [-0.39, 0.29) is 0 Å². The Labute approximate surface area is 144 Å². The van der Waals surface area contributed by atoms with E-state index in [0.717, 1.165) is 41.7 Å². The zero-order valence-corrected chi connectivity index (χ0v) is 14.2. The molecular weight excluding hydrogens is 324 g/mol. The fourth-order valence-corrected chi connectivity index (χ4v) is 3.35. The molecule has 4 rings (SSSR count). The summed E-state index contributed by atoms with van der Waals surface area (Å²) in [6, 6.07) is 10.1. The topological polar surface area (TPSA) is 47.7 Å². The minimum absolute atomic E-state index is 0.306. The normalized spacial score (nSPS) is 12.9. The van der Waals surface area contributed by atoms with E-state index in [1.54, 1.807) is 17.6 Å². The number of nitrogens with zero attached hydrogens (tertiary/aromatic N) is 2. The van der Waals surface area contributed by atoms with Gasteiger partial charge in [-0.15, -0.1) is 11.3 Å². The van der Waals surface area contributed by atoms with Crippen LogP contribution in [0, 0.1) is 0 Å². The van der Waals surface area contributed by atoms with E-state index in [2.05, 4.69) is 22.9 Å². The van der Waals surface area contributed by atoms with Gasteiger partial charge in [-0.05, 0) is 35.7 Å². The second kappa shape index (κ2) is 6.67. The molecule has 0 amide bonds. The Morgan fingerprint density at radius 2 is 2.08 bits per heavy atom. The second-order valence-corrected chi connectivity index (χ2v) is 6.56. The summed E-state index contributed by atoms with van der Waals surface area (Å²) in [5.41, 5.74) is 2.14. The van der Waals surface area contributed by atoms with Gasteiger partial charge in [0.1, 0.15) is 6.26 Å². The van der Waals surface area contributed by atoms with Gasteiger partial charge in [-0.1, -0.05) is 19.1 Å².